The molecule has 0 radical (unpaired) electrons. The van der Waals surface area contributed by atoms with Crippen molar-refractivity contribution in [3.05, 3.63) is 0 Å². The van der Waals surface area contributed by atoms with Gasteiger partial charge in [-0.2, -0.15) is 0 Å². The molecule has 6 heteroatoms. The maximum Gasteiger partial charge on any atom is 0.245 e. The SMILES string of the molecule is NC(=S)CC1(CN2CC(=O)N3CCCC3C2=O)CC1. The number of thiocarbonyl (C=S) groups is 1. The molecule has 0 aromatic carbocycles. The van der Waals surface area contributed by atoms with Gasteiger partial charge in [-0.25, -0.2) is 0 Å². The van der Waals surface area contributed by atoms with E-state index in [1.807, 2.05) is 0 Å². The predicted molar refractivity (Wildman–Crippen MR) is 74.4 cm³/mol. The smallest absolute Gasteiger partial charge is 0.245 e. The van der Waals surface area contributed by atoms with Gasteiger partial charge in [-0.1, -0.05) is 12.2 Å². The molecular weight excluding hydrogens is 262 g/mol. The van der Waals surface area contributed by atoms with Gasteiger partial charge in [-0.05, 0) is 31.1 Å². The van der Waals surface area contributed by atoms with Crippen LogP contribution in [0.25, 0.3) is 0 Å². The van der Waals surface area contributed by atoms with Gasteiger partial charge in [0, 0.05) is 19.5 Å². The van der Waals surface area contributed by atoms with Crippen molar-refractivity contribution in [1.29, 1.82) is 0 Å². The van der Waals surface area contributed by atoms with Gasteiger partial charge in [-0.3, -0.25) is 9.59 Å². The molecule has 0 aromatic rings. The number of hydrogen-bond acceptors (Lipinski definition) is 3. The number of hydrogen-bond donors (Lipinski definition) is 1. The molecule has 2 saturated heterocycles. The molecule has 5 nitrogen and oxygen atoms in total. The van der Waals surface area contributed by atoms with Crippen molar-refractivity contribution in [2.75, 3.05) is 19.6 Å². The second-order valence-corrected chi connectivity index (χ2v) is 6.61. The summed E-state index contributed by atoms with van der Waals surface area (Å²) in [6.07, 6.45) is 4.54. The Hall–Kier alpha value is -1.17. The molecule has 1 aliphatic carbocycles. The first kappa shape index (κ1) is 12.8. The van der Waals surface area contributed by atoms with Gasteiger partial charge < -0.3 is 15.5 Å². The Morgan fingerprint density at radius 2 is 2.16 bits per heavy atom. The Morgan fingerprint density at radius 3 is 2.79 bits per heavy atom. The van der Waals surface area contributed by atoms with Gasteiger partial charge in [0.05, 0.1) is 11.5 Å². The highest BCUT2D eigenvalue weighted by Crippen LogP contribution is 2.49. The molecule has 2 heterocycles. The maximum atomic E-state index is 12.4. The first-order valence-corrected chi connectivity index (χ1v) is 7.28. The number of amides is 2. The summed E-state index contributed by atoms with van der Waals surface area (Å²) in [6, 6.07) is -0.207. The molecule has 2 amide bonds. The summed E-state index contributed by atoms with van der Waals surface area (Å²) < 4.78 is 0. The lowest BCUT2D eigenvalue weighted by molar-refractivity contribution is -0.154. The first-order valence-electron chi connectivity index (χ1n) is 6.87. The Kier molecular flexibility index (Phi) is 3.00. The molecule has 3 fully saturated rings. The molecule has 104 valence electrons. The monoisotopic (exact) mass is 281 g/mol. The predicted octanol–water partition coefficient (Wildman–Crippen LogP) is 0.276. The van der Waals surface area contributed by atoms with E-state index in [1.165, 1.54) is 0 Å². The highest BCUT2D eigenvalue weighted by Gasteiger charge is 2.49. The lowest BCUT2D eigenvalue weighted by Gasteiger charge is -2.38. The van der Waals surface area contributed by atoms with Crippen LogP contribution in [0.5, 0.6) is 0 Å². The van der Waals surface area contributed by atoms with Crippen LogP contribution < -0.4 is 5.73 Å². The molecule has 3 aliphatic rings. The van der Waals surface area contributed by atoms with Crippen molar-refractivity contribution in [3.8, 4) is 0 Å². The summed E-state index contributed by atoms with van der Waals surface area (Å²) in [5, 5.41) is 0. The molecule has 2 N–H and O–H groups in total. The third-order valence-corrected chi connectivity index (χ3v) is 4.67. The van der Waals surface area contributed by atoms with E-state index in [4.69, 9.17) is 18.0 Å². The zero-order valence-corrected chi connectivity index (χ0v) is 11.7. The maximum absolute atomic E-state index is 12.4. The van der Waals surface area contributed by atoms with Crippen LogP contribution in [0.3, 0.4) is 0 Å². The van der Waals surface area contributed by atoms with Crippen LogP contribution in [0.2, 0.25) is 0 Å². The van der Waals surface area contributed by atoms with E-state index in [1.54, 1.807) is 9.80 Å². The summed E-state index contributed by atoms with van der Waals surface area (Å²) in [4.78, 5) is 28.4. The van der Waals surface area contributed by atoms with Gasteiger partial charge in [0.1, 0.15) is 6.04 Å². The van der Waals surface area contributed by atoms with Gasteiger partial charge in [0.15, 0.2) is 0 Å². The fraction of sp³-hybridized carbons (Fsp3) is 0.769. The summed E-state index contributed by atoms with van der Waals surface area (Å²) in [6.45, 7) is 1.61. The topological polar surface area (TPSA) is 66.6 Å². The van der Waals surface area contributed by atoms with Crippen molar-refractivity contribution in [3.63, 3.8) is 0 Å². The van der Waals surface area contributed by atoms with Crippen LogP contribution in [-0.4, -0.2) is 52.3 Å². The number of nitrogens with zero attached hydrogens (tertiary/aromatic N) is 2. The first-order chi connectivity index (χ1) is 9.01. The lowest BCUT2D eigenvalue weighted by atomic mass is 10.00. The number of fused-ring (bicyclic) bond motifs is 1. The largest absolute Gasteiger partial charge is 0.393 e. The zero-order chi connectivity index (χ0) is 13.6. The fourth-order valence-corrected chi connectivity index (χ4v) is 3.65. The van der Waals surface area contributed by atoms with Crippen LogP contribution >= 0.6 is 12.2 Å². The Bertz CT molecular complexity index is 447. The van der Waals surface area contributed by atoms with Gasteiger partial charge >= 0.3 is 0 Å². The average Bonchev–Trinajstić information content (AvgIpc) is 2.91. The molecule has 19 heavy (non-hydrogen) atoms. The summed E-state index contributed by atoms with van der Waals surface area (Å²) in [5.41, 5.74) is 5.68. The highest BCUT2D eigenvalue weighted by molar-refractivity contribution is 7.80. The molecule has 0 aromatic heterocycles. The Balaban J connectivity index is 1.70. The minimum absolute atomic E-state index is 0.0581. The zero-order valence-electron chi connectivity index (χ0n) is 10.9. The molecule has 0 spiro atoms. The van der Waals surface area contributed by atoms with E-state index < -0.39 is 0 Å². The fourth-order valence-electron chi connectivity index (χ4n) is 3.34. The number of nitrogens with two attached hydrogens (primary N) is 1. The average molecular weight is 281 g/mol. The van der Waals surface area contributed by atoms with E-state index in [0.29, 0.717) is 18.0 Å². The Labute approximate surface area is 118 Å². The van der Waals surface area contributed by atoms with E-state index >= 15 is 0 Å². The quantitative estimate of drug-likeness (QED) is 0.752. The van der Waals surface area contributed by atoms with Crippen molar-refractivity contribution in [1.82, 2.24) is 9.80 Å². The molecular formula is C13H19N3O2S. The third-order valence-electron chi connectivity index (χ3n) is 4.53. The summed E-state index contributed by atoms with van der Waals surface area (Å²) in [5.74, 6) is 0.208. The van der Waals surface area contributed by atoms with Crippen LogP contribution in [-0.2, 0) is 9.59 Å². The van der Waals surface area contributed by atoms with Crippen LogP contribution in [0.1, 0.15) is 32.1 Å². The van der Waals surface area contributed by atoms with Crippen molar-refractivity contribution >= 4 is 29.0 Å². The minimum atomic E-state index is -0.207. The van der Waals surface area contributed by atoms with Crippen molar-refractivity contribution in [2.24, 2.45) is 11.1 Å². The number of carbonyl (C=O) groups excluding carboxylic acids is 2. The lowest BCUT2D eigenvalue weighted by Crippen LogP contribution is -2.58. The van der Waals surface area contributed by atoms with E-state index in [-0.39, 0.29) is 29.8 Å². The molecule has 1 atom stereocenters. The second kappa shape index (κ2) is 4.44. The Morgan fingerprint density at radius 1 is 1.42 bits per heavy atom. The second-order valence-electron chi connectivity index (χ2n) is 6.08. The van der Waals surface area contributed by atoms with Crippen LogP contribution in [0, 0.1) is 5.41 Å². The molecule has 0 bridgehead atoms. The standard InChI is InChI=1S/C13H19N3O2S/c14-10(19)6-13(3-4-13)8-15-7-11(17)16-5-1-2-9(16)12(15)18/h9H,1-8H2,(H2,14,19). The third kappa shape index (κ3) is 2.33. The molecule has 1 saturated carbocycles. The van der Waals surface area contributed by atoms with Crippen LogP contribution in [0.4, 0.5) is 0 Å². The van der Waals surface area contributed by atoms with E-state index in [0.717, 1.165) is 32.2 Å². The minimum Gasteiger partial charge on any atom is -0.393 e. The summed E-state index contributed by atoms with van der Waals surface area (Å²) in [7, 11) is 0. The van der Waals surface area contributed by atoms with Crippen molar-refractivity contribution < 1.29 is 9.59 Å². The van der Waals surface area contributed by atoms with Gasteiger partial charge in [-0.15, -0.1) is 0 Å². The number of carbonyl (C=O) groups is 2. The van der Waals surface area contributed by atoms with E-state index in [2.05, 4.69) is 0 Å². The summed E-state index contributed by atoms with van der Waals surface area (Å²) >= 11 is 4.98. The number of rotatable bonds is 4. The van der Waals surface area contributed by atoms with Gasteiger partial charge in [0.2, 0.25) is 11.8 Å². The highest BCUT2D eigenvalue weighted by atomic mass is 32.1. The number of piperazine rings is 1. The van der Waals surface area contributed by atoms with Crippen LogP contribution in [0.15, 0.2) is 0 Å². The van der Waals surface area contributed by atoms with Crippen molar-refractivity contribution in [2.45, 2.75) is 38.1 Å². The van der Waals surface area contributed by atoms with Gasteiger partial charge in [0.25, 0.3) is 0 Å². The normalized spacial score (nSPS) is 28.5. The molecule has 1 unspecified atom stereocenters. The molecule has 3 rings (SSSR count). The molecule has 2 aliphatic heterocycles. The van der Waals surface area contributed by atoms with E-state index in [9.17, 15) is 9.59 Å².